The number of likely N-dealkylation sites (tertiary alicyclic amines) is 1. The van der Waals surface area contributed by atoms with Crippen LogP contribution in [0.15, 0.2) is 11.4 Å². The molecule has 0 spiro atoms. The Kier molecular flexibility index (Phi) is 4.93. The van der Waals surface area contributed by atoms with Crippen molar-refractivity contribution in [3.05, 3.63) is 17.0 Å². The molecule has 1 aromatic heterocycles. The van der Waals surface area contributed by atoms with Crippen LogP contribution in [0.1, 0.15) is 36.0 Å². The van der Waals surface area contributed by atoms with Crippen molar-refractivity contribution >= 4 is 28.2 Å². The Morgan fingerprint density at radius 1 is 1.32 bits per heavy atom. The van der Waals surface area contributed by atoms with Crippen LogP contribution in [0.3, 0.4) is 0 Å². The van der Waals surface area contributed by atoms with E-state index in [0.29, 0.717) is 17.0 Å². The molecule has 2 amide bonds. The second-order valence-electron chi connectivity index (χ2n) is 4.73. The van der Waals surface area contributed by atoms with Gasteiger partial charge in [-0.1, -0.05) is 6.42 Å². The maximum Gasteiger partial charge on any atom is 0.251 e. The molecule has 5 nitrogen and oxygen atoms in total. The fourth-order valence-corrected chi connectivity index (χ4v) is 3.04. The van der Waals surface area contributed by atoms with Crippen molar-refractivity contribution in [3.63, 3.8) is 0 Å². The molecule has 0 aliphatic carbocycles. The van der Waals surface area contributed by atoms with Gasteiger partial charge in [0.2, 0.25) is 5.91 Å². The molecule has 2 rings (SSSR count). The van der Waals surface area contributed by atoms with Crippen LogP contribution in [-0.4, -0.2) is 36.3 Å². The molecule has 6 heteroatoms. The summed E-state index contributed by atoms with van der Waals surface area (Å²) in [5, 5.41) is 5.07. The molecular formula is C13H19N3O2S. The van der Waals surface area contributed by atoms with E-state index >= 15 is 0 Å². The van der Waals surface area contributed by atoms with E-state index in [2.05, 4.69) is 10.2 Å². The van der Waals surface area contributed by atoms with E-state index < -0.39 is 5.91 Å². The van der Waals surface area contributed by atoms with E-state index in [1.807, 2.05) is 0 Å². The van der Waals surface area contributed by atoms with Crippen LogP contribution in [0, 0.1) is 0 Å². The molecule has 1 fully saturated rings. The lowest BCUT2D eigenvalue weighted by Gasteiger charge is -2.25. The second kappa shape index (κ2) is 6.68. The molecule has 104 valence electrons. The lowest BCUT2D eigenvalue weighted by Crippen LogP contribution is -2.32. The average molecular weight is 281 g/mol. The number of amides is 2. The topological polar surface area (TPSA) is 75.4 Å². The maximum absolute atomic E-state index is 11.8. The van der Waals surface area contributed by atoms with E-state index in [0.717, 1.165) is 19.6 Å². The minimum Gasteiger partial charge on any atom is -0.366 e. The molecule has 0 unspecified atom stereocenters. The number of rotatable bonds is 5. The number of nitrogens with zero attached hydrogens (tertiary/aromatic N) is 1. The van der Waals surface area contributed by atoms with Gasteiger partial charge in [0.05, 0.1) is 5.56 Å². The fraction of sp³-hybridized carbons (Fsp3) is 0.538. The lowest BCUT2D eigenvalue weighted by molar-refractivity contribution is -0.116. The van der Waals surface area contributed by atoms with Gasteiger partial charge < -0.3 is 16.0 Å². The molecule has 2 heterocycles. The van der Waals surface area contributed by atoms with Gasteiger partial charge in [-0.25, -0.2) is 0 Å². The third-order valence-electron chi connectivity index (χ3n) is 3.29. The highest BCUT2D eigenvalue weighted by molar-refractivity contribution is 7.14. The van der Waals surface area contributed by atoms with E-state index in [-0.39, 0.29) is 5.91 Å². The van der Waals surface area contributed by atoms with Gasteiger partial charge in [-0.15, -0.1) is 11.3 Å². The Hall–Kier alpha value is -1.40. The molecule has 1 aliphatic heterocycles. The highest BCUT2D eigenvalue weighted by Gasteiger charge is 2.14. The second-order valence-corrected chi connectivity index (χ2v) is 5.64. The first kappa shape index (κ1) is 14.0. The Morgan fingerprint density at radius 3 is 2.74 bits per heavy atom. The first-order chi connectivity index (χ1) is 9.16. The van der Waals surface area contributed by atoms with Crippen molar-refractivity contribution in [1.82, 2.24) is 4.90 Å². The minimum atomic E-state index is -0.507. The summed E-state index contributed by atoms with van der Waals surface area (Å²) in [6, 6.07) is 1.63. The molecule has 0 atom stereocenters. The number of anilines is 1. The highest BCUT2D eigenvalue weighted by Crippen LogP contribution is 2.22. The number of hydrogen-bond acceptors (Lipinski definition) is 4. The zero-order valence-corrected chi connectivity index (χ0v) is 11.7. The zero-order chi connectivity index (χ0) is 13.7. The third kappa shape index (κ3) is 4.04. The average Bonchev–Trinajstić information content (AvgIpc) is 2.86. The summed E-state index contributed by atoms with van der Waals surface area (Å²) in [6.45, 7) is 2.95. The van der Waals surface area contributed by atoms with Gasteiger partial charge in [0.15, 0.2) is 0 Å². The quantitative estimate of drug-likeness (QED) is 0.862. The molecule has 1 aromatic rings. The smallest absolute Gasteiger partial charge is 0.251 e. The Bertz CT molecular complexity index is 452. The van der Waals surface area contributed by atoms with Crippen LogP contribution in [-0.2, 0) is 4.79 Å². The highest BCUT2D eigenvalue weighted by atomic mass is 32.1. The summed E-state index contributed by atoms with van der Waals surface area (Å²) in [5.41, 5.74) is 5.62. The third-order valence-corrected chi connectivity index (χ3v) is 4.12. The molecule has 1 aliphatic rings. The van der Waals surface area contributed by atoms with Crippen LogP contribution in [0.5, 0.6) is 0 Å². The van der Waals surface area contributed by atoms with E-state index in [4.69, 9.17) is 5.73 Å². The van der Waals surface area contributed by atoms with E-state index in [1.54, 1.807) is 11.4 Å². The molecule has 3 N–H and O–H groups in total. The molecule has 0 radical (unpaired) electrons. The van der Waals surface area contributed by atoms with Gasteiger partial charge in [-0.3, -0.25) is 9.59 Å². The van der Waals surface area contributed by atoms with E-state index in [1.165, 1.54) is 30.6 Å². The summed E-state index contributed by atoms with van der Waals surface area (Å²) in [4.78, 5) is 25.3. The van der Waals surface area contributed by atoms with Gasteiger partial charge in [0.1, 0.15) is 5.00 Å². The number of carbonyl (C=O) groups excluding carboxylic acids is 2. The zero-order valence-electron chi connectivity index (χ0n) is 10.9. The van der Waals surface area contributed by atoms with Crippen molar-refractivity contribution < 1.29 is 9.59 Å². The standard InChI is InChI=1S/C13H19N3O2S/c14-12(18)10-5-9-19-13(10)15-11(17)4-8-16-6-2-1-3-7-16/h5,9H,1-4,6-8H2,(H2,14,18)(H,15,17). The Balaban J connectivity index is 1.80. The number of piperidine rings is 1. The van der Waals surface area contributed by atoms with Crippen LogP contribution < -0.4 is 11.1 Å². The SMILES string of the molecule is NC(=O)c1ccsc1NC(=O)CCN1CCCCC1. The van der Waals surface area contributed by atoms with Crippen LogP contribution >= 0.6 is 11.3 Å². The van der Waals surface area contributed by atoms with Crippen LogP contribution in [0.4, 0.5) is 5.00 Å². The van der Waals surface area contributed by atoms with Crippen molar-refractivity contribution in [1.29, 1.82) is 0 Å². The molecule has 1 saturated heterocycles. The van der Waals surface area contributed by atoms with Gasteiger partial charge in [0, 0.05) is 13.0 Å². The number of hydrogen-bond donors (Lipinski definition) is 2. The van der Waals surface area contributed by atoms with Gasteiger partial charge >= 0.3 is 0 Å². The summed E-state index contributed by atoms with van der Waals surface area (Å²) >= 11 is 1.32. The summed E-state index contributed by atoms with van der Waals surface area (Å²) in [6.07, 6.45) is 4.19. The van der Waals surface area contributed by atoms with E-state index in [9.17, 15) is 9.59 Å². The molecule has 19 heavy (non-hydrogen) atoms. The Labute approximate surface area is 116 Å². The fourth-order valence-electron chi connectivity index (χ4n) is 2.23. The predicted octanol–water partition coefficient (Wildman–Crippen LogP) is 1.66. The Morgan fingerprint density at radius 2 is 2.05 bits per heavy atom. The van der Waals surface area contributed by atoms with Crippen molar-refractivity contribution in [2.45, 2.75) is 25.7 Å². The maximum atomic E-state index is 11.8. The minimum absolute atomic E-state index is 0.0597. The molecular weight excluding hydrogens is 262 g/mol. The lowest BCUT2D eigenvalue weighted by atomic mass is 10.1. The van der Waals surface area contributed by atoms with Crippen molar-refractivity contribution in [2.75, 3.05) is 25.0 Å². The number of primary amides is 1. The van der Waals surface area contributed by atoms with Gasteiger partial charge in [0.25, 0.3) is 5.91 Å². The number of carbonyl (C=O) groups is 2. The number of thiophene rings is 1. The van der Waals surface area contributed by atoms with Gasteiger partial charge in [-0.05, 0) is 37.4 Å². The first-order valence-electron chi connectivity index (χ1n) is 6.56. The van der Waals surface area contributed by atoms with Crippen molar-refractivity contribution in [2.24, 2.45) is 5.73 Å². The normalized spacial score (nSPS) is 16.2. The summed E-state index contributed by atoms with van der Waals surface area (Å²) in [5.74, 6) is -0.567. The predicted molar refractivity (Wildman–Crippen MR) is 76.4 cm³/mol. The monoisotopic (exact) mass is 281 g/mol. The summed E-state index contributed by atoms with van der Waals surface area (Å²) < 4.78 is 0. The number of nitrogens with one attached hydrogen (secondary N) is 1. The largest absolute Gasteiger partial charge is 0.366 e. The van der Waals surface area contributed by atoms with Crippen molar-refractivity contribution in [3.8, 4) is 0 Å². The summed E-state index contributed by atoms with van der Waals surface area (Å²) in [7, 11) is 0. The molecule has 0 aromatic carbocycles. The van der Waals surface area contributed by atoms with Crippen LogP contribution in [0.2, 0.25) is 0 Å². The molecule has 0 saturated carbocycles. The van der Waals surface area contributed by atoms with Gasteiger partial charge in [-0.2, -0.15) is 0 Å². The number of nitrogens with two attached hydrogens (primary N) is 1. The first-order valence-corrected chi connectivity index (χ1v) is 7.44. The molecule has 0 bridgehead atoms. The van der Waals surface area contributed by atoms with Crippen LogP contribution in [0.25, 0.3) is 0 Å².